The van der Waals surface area contributed by atoms with Crippen LogP contribution < -0.4 is 15.0 Å². The van der Waals surface area contributed by atoms with E-state index in [1.807, 2.05) is 0 Å². The summed E-state index contributed by atoms with van der Waals surface area (Å²) in [5.41, 5.74) is -0.0401. The monoisotopic (exact) mass is 446 g/mol. The molecule has 2 amide bonds. The Labute approximate surface area is 186 Å². The molecule has 0 saturated heterocycles. The standard InChI is InChI=1S/C24H28F2N2O4/c1-6-11-28(19-7-9-20(31-5)10-8-19)22(29)21(27-23(30)32-24(2,3)4)14-16-12-17(25)15-18(26)13-16/h6-10,12-13,15,21H,1,11,14H2,2-5H3,(H,27,30)/t21-/m0/s1. The molecule has 2 aromatic carbocycles. The molecule has 0 heterocycles. The van der Waals surface area contributed by atoms with E-state index in [2.05, 4.69) is 11.9 Å². The molecule has 0 aliphatic rings. The van der Waals surface area contributed by atoms with Crippen LogP contribution >= 0.6 is 0 Å². The summed E-state index contributed by atoms with van der Waals surface area (Å²) < 4.78 is 37.8. The number of methoxy groups -OCH3 is 1. The van der Waals surface area contributed by atoms with E-state index in [-0.39, 0.29) is 18.5 Å². The molecule has 0 radical (unpaired) electrons. The molecule has 0 unspecified atom stereocenters. The molecule has 0 aromatic heterocycles. The number of carbonyl (C=O) groups is 2. The third-order valence-electron chi connectivity index (χ3n) is 4.31. The first-order valence-corrected chi connectivity index (χ1v) is 10.0. The fourth-order valence-electron chi connectivity index (χ4n) is 3.02. The number of benzene rings is 2. The van der Waals surface area contributed by atoms with E-state index >= 15 is 0 Å². The summed E-state index contributed by atoms with van der Waals surface area (Å²) in [6, 6.07) is 8.58. The number of alkyl carbamates (subject to hydrolysis) is 1. The topological polar surface area (TPSA) is 67.9 Å². The van der Waals surface area contributed by atoms with Crippen LogP contribution in [0.2, 0.25) is 0 Å². The second-order valence-electron chi connectivity index (χ2n) is 8.12. The zero-order valence-electron chi connectivity index (χ0n) is 18.7. The van der Waals surface area contributed by atoms with E-state index in [9.17, 15) is 18.4 Å². The molecule has 2 rings (SSSR count). The first-order valence-electron chi connectivity index (χ1n) is 10.0. The minimum Gasteiger partial charge on any atom is -0.497 e. The SMILES string of the molecule is C=CCN(C(=O)[C@H](Cc1cc(F)cc(F)c1)NC(=O)OC(C)(C)C)c1ccc(OC)cc1. The maximum atomic E-state index is 13.7. The third kappa shape index (κ3) is 7.37. The van der Waals surface area contributed by atoms with Crippen LogP contribution in [0.5, 0.6) is 5.75 Å². The Hall–Kier alpha value is -3.42. The lowest BCUT2D eigenvalue weighted by Gasteiger charge is -2.28. The van der Waals surface area contributed by atoms with Gasteiger partial charge in [0.1, 0.15) is 29.0 Å². The highest BCUT2D eigenvalue weighted by Crippen LogP contribution is 2.21. The molecule has 8 heteroatoms. The van der Waals surface area contributed by atoms with E-state index in [0.717, 1.165) is 18.2 Å². The maximum Gasteiger partial charge on any atom is 0.408 e. The largest absolute Gasteiger partial charge is 0.497 e. The lowest BCUT2D eigenvalue weighted by molar-refractivity contribution is -0.120. The summed E-state index contributed by atoms with van der Waals surface area (Å²) in [5.74, 6) is -1.44. The Bertz CT molecular complexity index is 935. The van der Waals surface area contributed by atoms with Crippen LogP contribution in [-0.4, -0.2) is 37.3 Å². The van der Waals surface area contributed by atoms with Gasteiger partial charge in [0, 0.05) is 24.7 Å². The number of hydrogen-bond acceptors (Lipinski definition) is 4. The molecule has 1 N–H and O–H groups in total. The summed E-state index contributed by atoms with van der Waals surface area (Å²) in [6.45, 7) is 8.90. The van der Waals surface area contributed by atoms with Gasteiger partial charge < -0.3 is 19.7 Å². The summed E-state index contributed by atoms with van der Waals surface area (Å²) in [7, 11) is 1.53. The Morgan fingerprint density at radius 1 is 1.12 bits per heavy atom. The Balaban J connectivity index is 2.37. The van der Waals surface area contributed by atoms with Crippen LogP contribution in [0.3, 0.4) is 0 Å². The number of ether oxygens (including phenoxy) is 2. The van der Waals surface area contributed by atoms with Gasteiger partial charge in [0.05, 0.1) is 7.11 Å². The Morgan fingerprint density at radius 3 is 2.22 bits per heavy atom. The van der Waals surface area contributed by atoms with Gasteiger partial charge in [0.15, 0.2) is 0 Å². The van der Waals surface area contributed by atoms with Crippen molar-refractivity contribution in [3.8, 4) is 5.75 Å². The van der Waals surface area contributed by atoms with Gasteiger partial charge in [0.2, 0.25) is 5.91 Å². The first-order chi connectivity index (χ1) is 15.0. The van der Waals surface area contributed by atoms with Gasteiger partial charge in [-0.25, -0.2) is 13.6 Å². The fraction of sp³-hybridized carbons (Fsp3) is 0.333. The van der Waals surface area contributed by atoms with Gasteiger partial charge in [-0.2, -0.15) is 0 Å². The van der Waals surface area contributed by atoms with Crippen molar-refractivity contribution in [1.29, 1.82) is 0 Å². The minimum absolute atomic E-state index is 0.142. The van der Waals surface area contributed by atoms with E-state index in [1.54, 1.807) is 45.0 Å². The van der Waals surface area contributed by atoms with Crippen molar-refractivity contribution in [1.82, 2.24) is 5.32 Å². The second-order valence-corrected chi connectivity index (χ2v) is 8.12. The van der Waals surface area contributed by atoms with E-state index in [0.29, 0.717) is 11.4 Å². The third-order valence-corrected chi connectivity index (χ3v) is 4.31. The molecule has 0 aliphatic carbocycles. The number of carbonyl (C=O) groups excluding carboxylic acids is 2. The number of amides is 2. The number of hydrogen-bond donors (Lipinski definition) is 1. The average molecular weight is 446 g/mol. The number of anilines is 1. The summed E-state index contributed by atoms with van der Waals surface area (Å²) in [5, 5.41) is 2.54. The highest BCUT2D eigenvalue weighted by molar-refractivity contribution is 5.99. The second kappa shape index (κ2) is 10.7. The van der Waals surface area contributed by atoms with Crippen molar-refractivity contribution in [3.05, 3.63) is 72.3 Å². The molecular formula is C24H28F2N2O4. The van der Waals surface area contributed by atoms with Crippen LogP contribution in [0.15, 0.2) is 55.1 Å². The van der Waals surface area contributed by atoms with Crippen LogP contribution in [0.25, 0.3) is 0 Å². The fourth-order valence-corrected chi connectivity index (χ4v) is 3.02. The summed E-state index contributed by atoms with van der Waals surface area (Å²) in [6.07, 6.45) is 0.575. The molecular weight excluding hydrogens is 418 g/mol. The lowest BCUT2D eigenvalue weighted by atomic mass is 10.0. The number of halogens is 2. The lowest BCUT2D eigenvalue weighted by Crippen LogP contribution is -2.51. The van der Waals surface area contributed by atoms with Crippen LogP contribution in [0.4, 0.5) is 19.3 Å². The normalized spacial score (nSPS) is 11.9. The molecule has 0 aliphatic heterocycles. The molecule has 0 bridgehead atoms. The summed E-state index contributed by atoms with van der Waals surface area (Å²) >= 11 is 0. The van der Waals surface area contributed by atoms with E-state index < -0.39 is 35.3 Å². The quantitative estimate of drug-likeness (QED) is 0.601. The predicted molar refractivity (Wildman–Crippen MR) is 119 cm³/mol. The zero-order chi connectivity index (χ0) is 23.9. The molecule has 0 saturated carbocycles. The number of nitrogens with zero attached hydrogens (tertiary/aromatic N) is 1. The zero-order valence-corrected chi connectivity index (χ0v) is 18.7. The van der Waals surface area contributed by atoms with Gasteiger partial charge in [-0.1, -0.05) is 6.08 Å². The summed E-state index contributed by atoms with van der Waals surface area (Å²) in [4.78, 5) is 27.3. The van der Waals surface area contributed by atoms with Gasteiger partial charge in [-0.05, 0) is 62.7 Å². The molecule has 1 atom stereocenters. The van der Waals surface area contributed by atoms with Crippen molar-refractivity contribution in [2.45, 2.75) is 38.8 Å². The Morgan fingerprint density at radius 2 is 1.72 bits per heavy atom. The van der Waals surface area contributed by atoms with Crippen molar-refractivity contribution in [2.75, 3.05) is 18.6 Å². The highest BCUT2D eigenvalue weighted by atomic mass is 19.1. The molecule has 32 heavy (non-hydrogen) atoms. The minimum atomic E-state index is -1.15. The van der Waals surface area contributed by atoms with Crippen molar-refractivity contribution < 1.29 is 27.8 Å². The van der Waals surface area contributed by atoms with Crippen molar-refractivity contribution in [3.63, 3.8) is 0 Å². The molecule has 6 nitrogen and oxygen atoms in total. The number of nitrogens with one attached hydrogen (secondary N) is 1. The highest BCUT2D eigenvalue weighted by Gasteiger charge is 2.29. The van der Waals surface area contributed by atoms with Gasteiger partial charge in [-0.3, -0.25) is 4.79 Å². The molecule has 172 valence electrons. The van der Waals surface area contributed by atoms with Crippen LogP contribution in [-0.2, 0) is 16.0 Å². The van der Waals surface area contributed by atoms with Gasteiger partial charge in [0.25, 0.3) is 0 Å². The van der Waals surface area contributed by atoms with E-state index in [4.69, 9.17) is 9.47 Å². The van der Waals surface area contributed by atoms with Crippen LogP contribution in [0, 0.1) is 11.6 Å². The molecule has 2 aromatic rings. The van der Waals surface area contributed by atoms with Gasteiger partial charge in [-0.15, -0.1) is 6.58 Å². The van der Waals surface area contributed by atoms with E-state index in [1.165, 1.54) is 18.1 Å². The van der Waals surface area contributed by atoms with Gasteiger partial charge >= 0.3 is 6.09 Å². The average Bonchev–Trinajstić information content (AvgIpc) is 2.69. The maximum absolute atomic E-state index is 13.7. The number of rotatable bonds is 8. The van der Waals surface area contributed by atoms with Crippen molar-refractivity contribution in [2.24, 2.45) is 0 Å². The Kier molecular flexibility index (Phi) is 8.34. The smallest absolute Gasteiger partial charge is 0.408 e. The van der Waals surface area contributed by atoms with Crippen molar-refractivity contribution >= 4 is 17.7 Å². The first kappa shape index (κ1) is 24.8. The molecule has 0 spiro atoms. The molecule has 0 fully saturated rings. The predicted octanol–water partition coefficient (Wildman–Crippen LogP) is 4.63. The van der Waals surface area contributed by atoms with Crippen LogP contribution in [0.1, 0.15) is 26.3 Å².